The van der Waals surface area contributed by atoms with Gasteiger partial charge in [-0.05, 0) is 206 Å². The van der Waals surface area contributed by atoms with Crippen molar-refractivity contribution in [2.24, 2.45) is 0 Å². The summed E-state index contributed by atoms with van der Waals surface area (Å²) in [7, 11) is 0. The number of hydrogen-bond donors (Lipinski definition) is 0. The van der Waals surface area contributed by atoms with Crippen LogP contribution in [0.2, 0.25) is 0 Å². The first-order valence-corrected chi connectivity index (χ1v) is 31.2. The third-order valence-corrected chi connectivity index (χ3v) is 18.6. The van der Waals surface area contributed by atoms with Crippen LogP contribution in [-0.2, 0) is 0 Å². The molecule has 18 aromatic carbocycles. The molecule has 0 saturated heterocycles. The average Bonchev–Trinajstić information content (AvgIpc) is 0.733. The monoisotopic (exact) mass is 1140 g/mol. The van der Waals surface area contributed by atoms with Gasteiger partial charge in [-0.1, -0.05) is 322 Å². The van der Waals surface area contributed by atoms with Crippen LogP contribution in [0.25, 0.3) is 175 Å². The van der Waals surface area contributed by atoms with E-state index in [4.69, 9.17) is 0 Å². The van der Waals surface area contributed by atoms with E-state index in [9.17, 15) is 0 Å². The average molecular weight is 1140 g/mol. The molecule has 0 aliphatic carbocycles. The molecule has 0 spiro atoms. The molecule has 18 aromatic rings. The summed E-state index contributed by atoms with van der Waals surface area (Å²) in [4.78, 5) is 0. The first kappa shape index (κ1) is 52.6. The van der Waals surface area contributed by atoms with Crippen molar-refractivity contribution in [3.05, 3.63) is 352 Å². The smallest absolute Gasteiger partial charge is 0.00199 e. The zero-order valence-corrected chi connectivity index (χ0v) is 49.5. The Hall–Kier alpha value is -11.7. The Morgan fingerprint density at radius 3 is 0.911 bits per heavy atom. The molecule has 0 aliphatic rings. The maximum Gasteiger partial charge on any atom is -0.00199 e. The van der Waals surface area contributed by atoms with Gasteiger partial charge in [-0.3, -0.25) is 0 Å². The van der Waals surface area contributed by atoms with Crippen LogP contribution in [0.4, 0.5) is 0 Å². The molecular weight excluding hydrogens is 1080 g/mol. The lowest BCUT2D eigenvalue weighted by molar-refractivity contribution is 1.58. The van der Waals surface area contributed by atoms with Crippen molar-refractivity contribution >= 4 is 86.2 Å². The molecular formula is C90H58. The largest absolute Gasteiger partial charge is 0.0622 e. The van der Waals surface area contributed by atoms with Crippen molar-refractivity contribution in [2.45, 2.75) is 0 Å². The van der Waals surface area contributed by atoms with Gasteiger partial charge in [0.25, 0.3) is 0 Å². The van der Waals surface area contributed by atoms with Gasteiger partial charge in [0.05, 0.1) is 0 Å². The normalized spacial score (nSPS) is 11.6. The fraction of sp³-hybridized carbons (Fsp3) is 0. The molecule has 418 valence electrons. The van der Waals surface area contributed by atoms with E-state index in [2.05, 4.69) is 352 Å². The summed E-state index contributed by atoms with van der Waals surface area (Å²) in [5.74, 6) is 0. The van der Waals surface area contributed by atoms with E-state index in [0.29, 0.717) is 0 Å². The van der Waals surface area contributed by atoms with Gasteiger partial charge in [0.2, 0.25) is 0 Å². The fourth-order valence-electron chi connectivity index (χ4n) is 14.5. The van der Waals surface area contributed by atoms with Gasteiger partial charge in [0.15, 0.2) is 0 Å². The zero-order valence-electron chi connectivity index (χ0n) is 49.5. The van der Waals surface area contributed by atoms with Crippen LogP contribution in [0.5, 0.6) is 0 Å². The lowest BCUT2D eigenvalue weighted by Gasteiger charge is -2.21. The zero-order chi connectivity index (χ0) is 59.5. The highest BCUT2D eigenvalue weighted by Crippen LogP contribution is 2.50. The Morgan fingerprint density at radius 1 is 0.122 bits per heavy atom. The molecule has 0 fully saturated rings. The van der Waals surface area contributed by atoms with Gasteiger partial charge in [-0.2, -0.15) is 0 Å². The number of fused-ring (bicyclic) bond motifs is 5. The van der Waals surface area contributed by atoms with Crippen LogP contribution in [0.3, 0.4) is 0 Å². The van der Waals surface area contributed by atoms with Crippen molar-refractivity contribution < 1.29 is 0 Å². The van der Waals surface area contributed by atoms with E-state index < -0.39 is 0 Å². The third-order valence-electron chi connectivity index (χ3n) is 18.6. The molecule has 0 radical (unpaired) electrons. The molecule has 0 nitrogen and oxygen atoms in total. The van der Waals surface area contributed by atoms with Gasteiger partial charge < -0.3 is 0 Å². The van der Waals surface area contributed by atoms with Crippen molar-refractivity contribution in [2.75, 3.05) is 0 Å². The fourth-order valence-corrected chi connectivity index (χ4v) is 14.5. The topological polar surface area (TPSA) is 0 Å². The van der Waals surface area contributed by atoms with E-state index in [1.807, 2.05) is 0 Å². The van der Waals surface area contributed by atoms with Crippen LogP contribution >= 0.6 is 0 Å². The second kappa shape index (κ2) is 22.2. The van der Waals surface area contributed by atoms with Crippen LogP contribution in [-0.4, -0.2) is 0 Å². The quantitative estimate of drug-likeness (QED) is 0.105. The Morgan fingerprint density at radius 2 is 0.422 bits per heavy atom. The van der Waals surface area contributed by atoms with Gasteiger partial charge in [0.1, 0.15) is 0 Å². The van der Waals surface area contributed by atoms with Gasteiger partial charge in [-0.15, -0.1) is 0 Å². The Labute approximate surface area is 523 Å². The maximum absolute atomic E-state index is 2.43. The van der Waals surface area contributed by atoms with Crippen LogP contribution in [0.1, 0.15) is 0 Å². The highest BCUT2D eigenvalue weighted by atomic mass is 14.3. The predicted molar refractivity (Wildman–Crippen MR) is 388 cm³/mol. The van der Waals surface area contributed by atoms with E-state index in [1.165, 1.54) is 175 Å². The number of rotatable bonds is 8. The molecule has 0 N–H and O–H groups in total. The molecule has 0 atom stereocenters. The molecule has 0 heteroatoms. The molecule has 0 amide bonds. The number of hydrogen-bond acceptors (Lipinski definition) is 0. The van der Waals surface area contributed by atoms with E-state index in [0.717, 1.165) is 0 Å². The second-order valence-corrected chi connectivity index (χ2v) is 23.8. The summed E-state index contributed by atoms with van der Waals surface area (Å²) in [5.41, 5.74) is 20.0. The standard InChI is InChI=1S/C48H30.C42H28/c1-3-13-31(14-4-1)36-27-37(32-15-5-2-6-16-32)29-38(28-36)46-39-20-7-9-22-41(39)48(42-23-10-8-21-40(42)46)44-30-35-19-11-17-33-25-26-34-18-12-24-43(44)47(34)45(33)35;1-2-10-29(11-3-1)31-18-20-32(21-19-31)33-22-25-34(26-23-33)41-37-14-6-8-16-39(37)42(40-17-9-7-15-38(40)41)36-27-24-30-12-4-5-13-35(30)28-36/h1-30H;1-28H. The first-order valence-electron chi connectivity index (χ1n) is 31.2. The third kappa shape index (κ3) is 9.16. The first-order chi connectivity index (χ1) is 44.6. The van der Waals surface area contributed by atoms with Crippen molar-refractivity contribution in [1.82, 2.24) is 0 Å². The van der Waals surface area contributed by atoms with Gasteiger partial charge in [0, 0.05) is 0 Å². The van der Waals surface area contributed by atoms with E-state index in [-0.39, 0.29) is 0 Å². The van der Waals surface area contributed by atoms with Crippen molar-refractivity contribution in [1.29, 1.82) is 0 Å². The SMILES string of the molecule is c1ccc(-c2cc(-c3ccccc3)cc(-c3c4ccccc4c(-c4cc5cccc6ccc7cccc4c7c65)c4ccccc34)c2)cc1.c1ccc(-c2ccc(-c3ccc(-c4c5ccccc5c(-c5ccc6ccccc6c5)c5ccccc45)cc3)cc2)cc1. The maximum atomic E-state index is 2.43. The lowest BCUT2D eigenvalue weighted by atomic mass is 9.82. The van der Waals surface area contributed by atoms with Crippen LogP contribution < -0.4 is 0 Å². The Bertz CT molecular complexity index is 5550. The molecule has 0 heterocycles. The highest BCUT2D eigenvalue weighted by molar-refractivity contribution is 6.31. The molecule has 18 rings (SSSR count). The highest BCUT2D eigenvalue weighted by Gasteiger charge is 2.22. The summed E-state index contributed by atoms with van der Waals surface area (Å²) < 4.78 is 0. The predicted octanol–water partition coefficient (Wildman–Crippen LogP) is 25.4. The van der Waals surface area contributed by atoms with E-state index in [1.54, 1.807) is 0 Å². The molecule has 0 saturated carbocycles. The van der Waals surface area contributed by atoms with Crippen molar-refractivity contribution in [3.8, 4) is 89.0 Å². The Kier molecular flexibility index (Phi) is 13.0. The Balaban J connectivity index is 0.000000140. The van der Waals surface area contributed by atoms with Crippen molar-refractivity contribution in [3.63, 3.8) is 0 Å². The second-order valence-electron chi connectivity index (χ2n) is 23.8. The van der Waals surface area contributed by atoms with Crippen LogP contribution in [0.15, 0.2) is 352 Å². The van der Waals surface area contributed by atoms with E-state index >= 15 is 0 Å². The minimum atomic E-state index is 1.22. The summed E-state index contributed by atoms with van der Waals surface area (Å²) >= 11 is 0. The summed E-state index contributed by atoms with van der Waals surface area (Å²) in [6.45, 7) is 0. The molecule has 0 bridgehead atoms. The summed E-state index contributed by atoms with van der Waals surface area (Å²) in [6, 6.07) is 129. The van der Waals surface area contributed by atoms with Gasteiger partial charge in [-0.25, -0.2) is 0 Å². The van der Waals surface area contributed by atoms with Crippen LogP contribution in [0, 0.1) is 0 Å². The molecule has 0 unspecified atom stereocenters. The van der Waals surface area contributed by atoms with Gasteiger partial charge >= 0.3 is 0 Å². The minimum Gasteiger partial charge on any atom is -0.0622 e. The summed E-state index contributed by atoms with van der Waals surface area (Å²) in [6.07, 6.45) is 0. The summed E-state index contributed by atoms with van der Waals surface area (Å²) in [5, 5.41) is 20.6. The minimum absolute atomic E-state index is 1.22. The lowest BCUT2D eigenvalue weighted by Crippen LogP contribution is -1.94. The molecule has 0 aromatic heterocycles. The number of benzene rings is 18. The molecule has 90 heavy (non-hydrogen) atoms. The molecule has 0 aliphatic heterocycles.